The maximum Gasteiger partial charge on any atom is 0.289 e. The zero-order valence-corrected chi connectivity index (χ0v) is 14.0. The first-order valence-electron chi connectivity index (χ1n) is 7.42. The van der Waals surface area contributed by atoms with Gasteiger partial charge in [-0.05, 0) is 49.7 Å². The molecule has 2 aromatic rings. The summed E-state index contributed by atoms with van der Waals surface area (Å²) in [7, 11) is 0. The van der Waals surface area contributed by atoms with Crippen LogP contribution in [0.3, 0.4) is 0 Å². The van der Waals surface area contributed by atoms with Crippen LogP contribution in [0.5, 0.6) is 5.75 Å². The molecule has 7 heteroatoms. The van der Waals surface area contributed by atoms with Crippen molar-refractivity contribution in [3.8, 4) is 5.75 Å². The van der Waals surface area contributed by atoms with E-state index in [2.05, 4.69) is 5.32 Å². The van der Waals surface area contributed by atoms with Crippen LogP contribution in [0, 0.1) is 10.1 Å². The van der Waals surface area contributed by atoms with Crippen molar-refractivity contribution in [1.29, 1.82) is 0 Å². The smallest absolute Gasteiger partial charge is 0.289 e. The van der Waals surface area contributed by atoms with Crippen molar-refractivity contribution in [3.63, 3.8) is 0 Å². The van der Waals surface area contributed by atoms with Crippen LogP contribution in [0.1, 0.15) is 30.6 Å². The average Bonchev–Trinajstić information content (AvgIpc) is 2.56. The molecule has 0 aromatic heterocycles. The van der Waals surface area contributed by atoms with Crippen molar-refractivity contribution in [1.82, 2.24) is 0 Å². The van der Waals surface area contributed by atoms with Crippen LogP contribution in [0.25, 0.3) is 0 Å². The largest absolute Gasteiger partial charge is 0.491 e. The predicted octanol–water partition coefficient (Wildman–Crippen LogP) is 4.68. The van der Waals surface area contributed by atoms with E-state index in [1.807, 2.05) is 13.8 Å². The Labute approximate surface area is 144 Å². The quantitative estimate of drug-likeness (QED) is 0.607. The van der Waals surface area contributed by atoms with Crippen molar-refractivity contribution in [2.45, 2.75) is 26.4 Å². The molecular weight excluding hydrogens is 332 g/mol. The van der Waals surface area contributed by atoms with Crippen molar-refractivity contribution in [3.05, 3.63) is 63.2 Å². The van der Waals surface area contributed by atoms with E-state index < -0.39 is 4.92 Å². The van der Waals surface area contributed by atoms with Gasteiger partial charge in [0.25, 0.3) is 11.6 Å². The molecule has 0 aliphatic heterocycles. The number of ether oxygens (including phenoxy) is 1. The number of nitro groups is 1. The lowest BCUT2D eigenvalue weighted by Crippen LogP contribution is -2.13. The highest BCUT2D eigenvalue weighted by atomic mass is 35.5. The van der Waals surface area contributed by atoms with Crippen LogP contribution in [0.15, 0.2) is 42.5 Å². The highest BCUT2D eigenvalue weighted by Crippen LogP contribution is 2.27. The summed E-state index contributed by atoms with van der Waals surface area (Å²) in [5, 5.41) is 13.5. The van der Waals surface area contributed by atoms with Gasteiger partial charge in [0.05, 0.1) is 11.0 Å². The molecule has 1 amide bonds. The summed E-state index contributed by atoms with van der Waals surface area (Å²) in [4.78, 5) is 22.5. The number of rotatable bonds is 6. The summed E-state index contributed by atoms with van der Waals surface area (Å²) in [6.45, 7) is 3.99. The zero-order chi connectivity index (χ0) is 17.7. The fraction of sp³-hybridized carbons (Fsp3) is 0.235. The topological polar surface area (TPSA) is 81.5 Å². The second-order valence-electron chi connectivity index (χ2n) is 5.24. The minimum Gasteiger partial charge on any atom is -0.491 e. The van der Waals surface area contributed by atoms with Crippen LogP contribution >= 0.6 is 11.6 Å². The molecule has 6 nitrogen and oxygen atoms in total. The van der Waals surface area contributed by atoms with Gasteiger partial charge in [-0.1, -0.05) is 18.5 Å². The first-order valence-corrected chi connectivity index (χ1v) is 7.80. The number of hydrogen-bond donors (Lipinski definition) is 1. The molecule has 0 saturated carbocycles. The Morgan fingerprint density at radius 2 is 1.96 bits per heavy atom. The lowest BCUT2D eigenvalue weighted by molar-refractivity contribution is -0.384. The fourth-order valence-electron chi connectivity index (χ4n) is 1.93. The van der Waals surface area contributed by atoms with E-state index in [1.165, 1.54) is 18.2 Å². The molecule has 24 heavy (non-hydrogen) atoms. The van der Waals surface area contributed by atoms with Crippen LogP contribution in [0.4, 0.5) is 11.4 Å². The number of benzene rings is 2. The molecule has 2 aromatic carbocycles. The number of nitrogens with zero attached hydrogens (tertiary/aromatic N) is 1. The van der Waals surface area contributed by atoms with Crippen LogP contribution in [0.2, 0.25) is 5.02 Å². The van der Waals surface area contributed by atoms with Crippen LogP contribution < -0.4 is 10.1 Å². The Kier molecular flexibility index (Phi) is 5.76. The molecule has 1 unspecified atom stereocenters. The van der Waals surface area contributed by atoms with Crippen molar-refractivity contribution in [2.24, 2.45) is 0 Å². The van der Waals surface area contributed by atoms with Gasteiger partial charge in [-0.2, -0.15) is 0 Å². The SMILES string of the molecule is CCC(C)Oc1ccc(C(=O)Nc2ccc(Cl)c([N+](=O)[O-])c2)cc1. The Bertz CT molecular complexity index is 747. The zero-order valence-electron chi connectivity index (χ0n) is 13.3. The number of hydrogen-bond acceptors (Lipinski definition) is 4. The number of halogens is 1. The summed E-state index contributed by atoms with van der Waals surface area (Å²) in [6.07, 6.45) is 0.983. The molecule has 0 bridgehead atoms. The van der Waals surface area contributed by atoms with E-state index >= 15 is 0 Å². The maximum absolute atomic E-state index is 12.2. The highest BCUT2D eigenvalue weighted by Gasteiger charge is 2.14. The number of nitrogens with one attached hydrogen (secondary N) is 1. The Balaban J connectivity index is 2.10. The first-order chi connectivity index (χ1) is 11.4. The van der Waals surface area contributed by atoms with E-state index in [0.29, 0.717) is 17.0 Å². The number of amides is 1. The van der Waals surface area contributed by atoms with Gasteiger partial charge >= 0.3 is 0 Å². The molecule has 0 radical (unpaired) electrons. The third-order valence-corrected chi connectivity index (χ3v) is 3.75. The Hall–Kier alpha value is -2.60. The fourth-order valence-corrected chi connectivity index (χ4v) is 2.12. The molecule has 1 atom stereocenters. The van der Waals surface area contributed by atoms with E-state index in [0.717, 1.165) is 6.42 Å². The second-order valence-corrected chi connectivity index (χ2v) is 5.65. The number of anilines is 1. The van der Waals surface area contributed by atoms with Gasteiger partial charge in [0, 0.05) is 17.3 Å². The van der Waals surface area contributed by atoms with E-state index in [-0.39, 0.29) is 22.7 Å². The molecule has 126 valence electrons. The molecule has 0 heterocycles. The number of carbonyl (C=O) groups excluding carboxylic acids is 1. The minimum absolute atomic E-state index is 0.0181. The van der Waals surface area contributed by atoms with Gasteiger partial charge in [-0.25, -0.2) is 0 Å². The molecule has 2 rings (SSSR count). The molecule has 1 N–H and O–H groups in total. The van der Waals surface area contributed by atoms with Crippen LogP contribution in [-0.4, -0.2) is 16.9 Å². The number of carbonyl (C=O) groups is 1. The van der Waals surface area contributed by atoms with Crippen molar-refractivity contribution >= 4 is 28.9 Å². The van der Waals surface area contributed by atoms with E-state index in [4.69, 9.17) is 16.3 Å². The van der Waals surface area contributed by atoms with Gasteiger partial charge in [-0.15, -0.1) is 0 Å². The summed E-state index contributed by atoms with van der Waals surface area (Å²) >= 11 is 5.75. The molecular formula is C17H17ClN2O4. The average molecular weight is 349 g/mol. The summed E-state index contributed by atoms with van der Waals surface area (Å²) in [5.41, 5.74) is 0.465. The highest BCUT2D eigenvalue weighted by molar-refractivity contribution is 6.32. The number of nitro benzene ring substituents is 1. The third kappa shape index (κ3) is 4.45. The van der Waals surface area contributed by atoms with Gasteiger partial charge in [0.2, 0.25) is 0 Å². The Morgan fingerprint density at radius 3 is 2.54 bits per heavy atom. The minimum atomic E-state index is -0.598. The molecule has 0 spiro atoms. The van der Waals surface area contributed by atoms with Gasteiger partial charge in [0.15, 0.2) is 0 Å². The molecule has 0 aliphatic rings. The van der Waals surface area contributed by atoms with E-state index in [1.54, 1.807) is 24.3 Å². The predicted molar refractivity (Wildman–Crippen MR) is 92.9 cm³/mol. The molecule has 0 aliphatic carbocycles. The van der Waals surface area contributed by atoms with Crippen molar-refractivity contribution < 1.29 is 14.5 Å². The summed E-state index contributed by atoms with van der Waals surface area (Å²) < 4.78 is 5.65. The van der Waals surface area contributed by atoms with Gasteiger partial charge in [0.1, 0.15) is 10.8 Å². The Morgan fingerprint density at radius 1 is 1.29 bits per heavy atom. The third-order valence-electron chi connectivity index (χ3n) is 3.43. The monoisotopic (exact) mass is 348 g/mol. The van der Waals surface area contributed by atoms with Gasteiger partial charge < -0.3 is 10.1 Å². The molecule has 0 fully saturated rings. The lowest BCUT2D eigenvalue weighted by Gasteiger charge is -2.12. The first kappa shape index (κ1) is 17.7. The van der Waals surface area contributed by atoms with Crippen molar-refractivity contribution in [2.75, 3.05) is 5.32 Å². The summed E-state index contributed by atoms with van der Waals surface area (Å²) in [6, 6.07) is 10.8. The van der Waals surface area contributed by atoms with Crippen LogP contribution in [-0.2, 0) is 0 Å². The van der Waals surface area contributed by atoms with E-state index in [9.17, 15) is 14.9 Å². The maximum atomic E-state index is 12.2. The molecule has 0 saturated heterocycles. The lowest BCUT2D eigenvalue weighted by atomic mass is 10.2. The normalized spacial score (nSPS) is 11.6. The second kappa shape index (κ2) is 7.79. The standard InChI is InChI=1S/C17H17ClN2O4/c1-3-11(2)24-14-7-4-12(5-8-14)17(21)19-13-6-9-15(18)16(10-13)20(22)23/h4-11H,3H2,1-2H3,(H,19,21). The summed E-state index contributed by atoms with van der Waals surface area (Å²) in [5.74, 6) is 0.310. The van der Waals surface area contributed by atoms with Gasteiger partial charge in [-0.3, -0.25) is 14.9 Å².